The van der Waals surface area contributed by atoms with E-state index in [-0.39, 0.29) is 11.3 Å². The van der Waals surface area contributed by atoms with Gasteiger partial charge in [-0.2, -0.15) is 0 Å². The largest absolute Gasteiger partial charge is 0.497 e. The third kappa shape index (κ3) is 2.85. The number of nitro groups is 1. The maximum absolute atomic E-state index is 11.1. The highest BCUT2D eigenvalue weighted by Crippen LogP contribution is 2.32. The number of ether oxygens (including phenoxy) is 2. The van der Waals surface area contributed by atoms with Gasteiger partial charge in [0.15, 0.2) is 0 Å². The zero-order valence-electron chi connectivity index (χ0n) is 9.18. The number of halogens is 1. The molecule has 1 aromatic rings. The molecule has 0 fully saturated rings. The summed E-state index contributed by atoms with van der Waals surface area (Å²) in [6.07, 6.45) is 0. The standard InChI is InChI=1S/C10H10ClNO5/c1-16-6-3-4-8(17-2)7(5-6)9(10(11)13)12(14)15/h3-5,9H,1-2H3. The highest BCUT2D eigenvalue weighted by atomic mass is 35.5. The first-order chi connectivity index (χ1) is 8.01. The molecule has 1 aromatic carbocycles. The minimum atomic E-state index is -1.67. The summed E-state index contributed by atoms with van der Waals surface area (Å²) < 4.78 is 9.89. The smallest absolute Gasteiger partial charge is 0.314 e. The Morgan fingerprint density at radius 3 is 2.47 bits per heavy atom. The van der Waals surface area contributed by atoms with E-state index in [1.54, 1.807) is 6.07 Å². The average molecular weight is 260 g/mol. The van der Waals surface area contributed by atoms with Crippen LogP contribution in [-0.4, -0.2) is 24.4 Å². The summed E-state index contributed by atoms with van der Waals surface area (Å²) >= 11 is 5.22. The van der Waals surface area contributed by atoms with Gasteiger partial charge in [-0.15, -0.1) is 0 Å². The molecule has 0 aliphatic heterocycles. The van der Waals surface area contributed by atoms with Crippen LogP contribution in [-0.2, 0) is 4.79 Å². The predicted molar refractivity (Wildman–Crippen MR) is 60.1 cm³/mol. The Kier molecular flexibility index (Phi) is 4.28. The maximum Gasteiger partial charge on any atom is 0.314 e. The number of hydrogen-bond donors (Lipinski definition) is 0. The number of rotatable bonds is 5. The molecule has 1 atom stereocenters. The minimum Gasteiger partial charge on any atom is -0.497 e. The summed E-state index contributed by atoms with van der Waals surface area (Å²) in [5, 5.41) is 9.73. The molecule has 0 saturated heterocycles. The van der Waals surface area contributed by atoms with E-state index in [4.69, 9.17) is 21.1 Å². The van der Waals surface area contributed by atoms with Crippen LogP contribution in [0, 0.1) is 10.1 Å². The van der Waals surface area contributed by atoms with Crippen molar-refractivity contribution in [2.45, 2.75) is 6.04 Å². The number of carbonyl (C=O) groups is 1. The van der Waals surface area contributed by atoms with Gasteiger partial charge in [0.05, 0.1) is 19.8 Å². The van der Waals surface area contributed by atoms with Crippen molar-refractivity contribution in [1.82, 2.24) is 0 Å². The molecule has 0 radical (unpaired) electrons. The average Bonchev–Trinajstić information content (AvgIpc) is 2.28. The molecule has 7 heteroatoms. The second kappa shape index (κ2) is 5.49. The fourth-order valence-corrected chi connectivity index (χ4v) is 1.57. The van der Waals surface area contributed by atoms with Crippen molar-refractivity contribution in [2.75, 3.05) is 14.2 Å². The lowest BCUT2D eigenvalue weighted by Gasteiger charge is -2.11. The third-order valence-electron chi connectivity index (χ3n) is 2.16. The van der Waals surface area contributed by atoms with Crippen LogP contribution in [0.1, 0.15) is 11.6 Å². The van der Waals surface area contributed by atoms with E-state index in [1.807, 2.05) is 0 Å². The monoisotopic (exact) mass is 259 g/mol. The van der Waals surface area contributed by atoms with Crippen molar-refractivity contribution in [3.05, 3.63) is 33.9 Å². The van der Waals surface area contributed by atoms with E-state index in [0.29, 0.717) is 5.75 Å². The van der Waals surface area contributed by atoms with Gasteiger partial charge in [-0.05, 0) is 29.8 Å². The van der Waals surface area contributed by atoms with Gasteiger partial charge in [0.25, 0.3) is 0 Å². The van der Waals surface area contributed by atoms with E-state index >= 15 is 0 Å². The fraction of sp³-hybridized carbons (Fsp3) is 0.300. The van der Waals surface area contributed by atoms with Gasteiger partial charge >= 0.3 is 11.3 Å². The second-order valence-electron chi connectivity index (χ2n) is 3.10. The summed E-state index contributed by atoms with van der Waals surface area (Å²) in [4.78, 5) is 21.1. The lowest BCUT2D eigenvalue weighted by atomic mass is 10.1. The van der Waals surface area contributed by atoms with Crippen molar-refractivity contribution in [2.24, 2.45) is 0 Å². The number of methoxy groups -OCH3 is 2. The van der Waals surface area contributed by atoms with Crippen molar-refractivity contribution < 1.29 is 19.2 Å². The normalized spacial score (nSPS) is 11.7. The second-order valence-corrected chi connectivity index (χ2v) is 3.47. The molecule has 0 saturated carbocycles. The maximum atomic E-state index is 11.1. The van der Waals surface area contributed by atoms with E-state index in [2.05, 4.69) is 0 Å². The highest BCUT2D eigenvalue weighted by molar-refractivity contribution is 6.64. The fourth-order valence-electron chi connectivity index (χ4n) is 1.37. The van der Waals surface area contributed by atoms with Crippen molar-refractivity contribution in [3.63, 3.8) is 0 Å². The van der Waals surface area contributed by atoms with Crippen LogP contribution in [0.25, 0.3) is 0 Å². The lowest BCUT2D eigenvalue weighted by Crippen LogP contribution is -2.17. The van der Waals surface area contributed by atoms with Crippen LogP contribution < -0.4 is 9.47 Å². The molecular formula is C10H10ClNO5. The Morgan fingerprint density at radius 2 is 2.06 bits per heavy atom. The van der Waals surface area contributed by atoms with Crippen LogP contribution in [0.4, 0.5) is 0 Å². The molecule has 0 heterocycles. The first-order valence-corrected chi connectivity index (χ1v) is 4.93. The molecule has 0 spiro atoms. The van der Waals surface area contributed by atoms with Gasteiger partial charge in [0.1, 0.15) is 11.5 Å². The number of nitrogens with zero attached hydrogens (tertiary/aromatic N) is 1. The summed E-state index contributed by atoms with van der Waals surface area (Å²) in [7, 11) is 2.76. The van der Waals surface area contributed by atoms with Gasteiger partial charge in [-0.1, -0.05) is 0 Å². The lowest BCUT2D eigenvalue weighted by molar-refractivity contribution is -0.512. The highest BCUT2D eigenvalue weighted by Gasteiger charge is 2.33. The van der Waals surface area contributed by atoms with Gasteiger partial charge in [-0.25, -0.2) is 0 Å². The summed E-state index contributed by atoms with van der Waals surface area (Å²) in [6, 6.07) is 2.73. The summed E-state index contributed by atoms with van der Waals surface area (Å²) in [5.74, 6) is 0.590. The SMILES string of the molecule is COc1ccc(OC)c(C(C(=O)Cl)[N+](=O)[O-])c1. The van der Waals surface area contributed by atoms with E-state index in [0.717, 1.165) is 0 Å². The molecule has 92 valence electrons. The number of carbonyl (C=O) groups excluding carboxylic acids is 1. The first-order valence-electron chi connectivity index (χ1n) is 4.56. The number of hydrogen-bond acceptors (Lipinski definition) is 5. The molecule has 0 aliphatic carbocycles. The molecule has 1 unspecified atom stereocenters. The molecule has 17 heavy (non-hydrogen) atoms. The zero-order valence-corrected chi connectivity index (χ0v) is 9.93. The van der Waals surface area contributed by atoms with E-state index < -0.39 is 16.2 Å². The molecule has 0 N–H and O–H groups in total. The topological polar surface area (TPSA) is 78.7 Å². The molecular weight excluding hydrogens is 250 g/mol. The Labute approximate surface area is 102 Å². The Balaban J connectivity index is 3.33. The van der Waals surface area contributed by atoms with Gasteiger partial charge in [0.2, 0.25) is 0 Å². The molecule has 0 aromatic heterocycles. The molecule has 0 aliphatic rings. The van der Waals surface area contributed by atoms with Crippen LogP contribution in [0.3, 0.4) is 0 Å². The van der Waals surface area contributed by atoms with Crippen LogP contribution in [0.2, 0.25) is 0 Å². The van der Waals surface area contributed by atoms with Gasteiger partial charge < -0.3 is 9.47 Å². The van der Waals surface area contributed by atoms with Crippen LogP contribution >= 0.6 is 11.6 Å². The van der Waals surface area contributed by atoms with Crippen LogP contribution in [0.15, 0.2) is 18.2 Å². The van der Waals surface area contributed by atoms with Crippen molar-refractivity contribution in [1.29, 1.82) is 0 Å². The third-order valence-corrected chi connectivity index (χ3v) is 2.36. The van der Waals surface area contributed by atoms with Crippen molar-refractivity contribution in [3.8, 4) is 11.5 Å². The summed E-state index contributed by atoms with van der Waals surface area (Å²) in [5.41, 5.74) is 0.0665. The van der Waals surface area contributed by atoms with Crippen molar-refractivity contribution >= 4 is 16.8 Å². The Hall–Kier alpha value is -1.82. The number of benzene rings is 1. The molecule has 0 amide bonds. The van der Waals surface area contributed by atoms with Gasteiger partial charge in [-0.3, -0.25) is 14.9 Å². The quantitative estimate of drug-likeness (QED) is 0.458. The zero-order chi connectivity index (χ0) is 13.0. The predicted octanol–water partition coefficient (Wildman–Crippen LogP) is 1.79. The molecule has 0 bridgehead atoms. The Morgan fingerprint density at radius 1 is 1.41 bits per heavy atom. The van der Waals surface area contributed by atoms with E-state index in [9.17, 15) is 14.9 Å². The summed E-state index contributed by atoms with van der Waals surface area (Å²) in [6.45, 7) is 0. The van der Waals surface area contributed by atoms with E-state index in [1.165, 1.54) is 26.4 Å². The minimum absolute atomic E-state index is 0.0665. The molecule has 6 nitrogen and oxygen atoms in total. The van der Waals surface area contributed by atoms with Gasteiger partial charge in [0, 0.05) is 4.92 Å². The molecule has 1 rings (SSSR count). The van der Waals surface area contributed by atoms with Crippen LogP contribution in [0.5, 0.6) is 11.5 Å². The first kappa shape index (κ1) is 13.2. The Bertz CT molecular complexity index is 434.